The van der Waals surface area contributed by atoms with Crippen LogP contribution >= 0.6 is 11.8 Å². The standard InChI is InChI=1S/C10H13N3O3S/c14-8-5-7(9(15)16)17-10(11-8)13-12-6-3-1-2-4-6/h3,7,12H,1-2,4-5H2,(H,15,16)(H,11,13,14)/p-1. The zero-order valence-corrected chi connectivity index (χ0v) is 9.88. The van der Waals surface area contributed by atoms with E-state index in [1.807, 2.05) is 6.08 Å². The first-order valence-corrected chi connectivity index (χ1v) is 6.23. The smallest absolute Gasteiger partial charge is 0.227 e. The molecule has 92 valence electrons. The number of nitrogens with zero attached hydrogens (tertiary/aromatic N) is 1. The molecule has 1 amide bonds. The molecule has 0 spiro atoms. The monoisotopic (exact) mass is 254 g/mol. The summed E-state index contributed by atoms with van der Waals surface area (Å²) in [5.41, 5.74) is 3.83. The molecule has 2 rings (SSSR count). The molecule has 1 heterocycles. The van der Waals surface area contributed by atoms with Gasteiger partial charge in [-0.2, -0.15) is 5.10 Å². The predicted octanol–water partition coefficient (Wildman–Crippen LogP) is -0.714. The van der Waals surface area contributed by atoms with Gasteiger partial charge in [-0.1, -0.05) is 17.8 Å². The number of carbonyl (C=O) groups excluding carboxylic acids is 2. The maximum Gasteiger partial charge on any atom is 0.227 e. The highest BCUT2D eigenvalue weighted by Gasteiger charge is 2.25. The quantitative estimate of drug-likeness (QED) is 0.649. The molecule has 7 heteroatoms. The maximum absolute atomic E-state index is 11.2. The molecule has 0 aromatic heterocycles. The van der Waals surface area contributed by atoms with Gasteiger partial charge in [-0.3, -0.25) is 10.2 Å². The lowest BCUT2D eigenvalue weighted by molar-refractivity contribution is -0.304. The Morgan fingerprint density at radius 1 is 1.65 bits per heavy atom. The van der Waals surface area contributed by atoms with Crippen molar-refractivity contribution in [1.82, 2.24) is 10.7 Å². The van der Waals surface area contributed by atoms with Crippen molar-refractivity contribution in [1.29, 1.82) is 0 Å². The van der Waals surface area contributed by atoms with Gasteiger partial charge in [0.1, 0.15) is 0 Å². The Labute approximate surface area is 103 Å². The molecule has 0 aromatic carbocycles. The third kappa shape index (κ3) is 3.23. The van der Waals surface area contributed by atoms with Gasteiger partial charge < -0.3 is 15.2 Å². The molecule has 1 unspecified atom stereocenters. The molecule has 0 saturated carbocycles. The summed E-state index contributed by atoms with van der Waals surface area (Å²) < 4.78 is 0. The number of carbonyl (C=O) groups is 2. The normalized spacial score (nSPS) is 26.6. The average Bonchev–Trinajstić information content (AvgIpc) is 2.78. The molecule has 0 radical (unpaired) electrons. The zero-order chi connectivity index (χ0) is 12.3. The molecule has 1 aliphatic carbocycles. The summed E-state index contributed by atoms with van der Waals surface area (Å²) in [4.78, 5) is 22.0. The number of hydrazone groups is 1. The van der Waals surface area contributed by atoms with E-state index >= 15 is 0 Å². The number of amidine groups is 1. The van der Waals surface area contributed by atoms with Crippen LogP contribution < -0.4 is 15.8 Å². The average molecular weight is 254 g/mol. The Morgan fingerprint density at radius 3 is 3.12 bits per heavy atom. The van der Waals surface area contributed by atoms with E-state index in [-0.39, 0.29) is 17.5 Å². The fraction of sp³-hybridized carbons (Fsp3) is 0.500. The maximum atomic E-state index is 11.2. The van der Waals surface area contributed by atoms with E-state index in [9.17, 15) is 14.7 Å². The van der Waals surface area contributed by atoms with E-state index in [4.69, 9.17) is 0 Å². The summed E-state index contributed by atoms with van der Waals surface area (Å²) in [6.07, 6.45) is 5.01. The first-order chi connectivity index (χ1) is 8.15. The zero-order valence-electron chi connectivity index (χ0n) is 9.06. The van der Waals surface area contributed by atoms with E-state index in [2.05, 4.69) is 15.8 Å². The van der Waals surface area contributed by atoms with Gasteiger partial charge in [0.2, 0.25) is 5.91 Å². The van der Waals surface area contributed by atoms with Gasteiger partial charge in [-0.25, -0.2) is 0 Å². The van der Waals surface area contributed by atoms with E-state index in [0.717, 1.165) is 36.7 Å². The first kappa shape index (κ1) is 12.0. The number of hydrogen-bond acceptors (Lipinski definition) is 6. The Morgan fingerprint density at radius 2 is 2.47 bits per heavy atom. The second kappa shape index (κ2) is 5.22. The number of allylic oxidation sites excluding steroid dienone is 2. The van der Waals surface area contributed by atoms with Crippen LogP contribution in [0.2, 0.25) is 0 Å². The summed E-state index contributed by atoms with van der Waals surface area (Å²) in [7, 11) is 0. The van der Waals surface area contributed by atoms with Crippen molar-refractivity contribution >= 4 is 28.8 Å². The fourth-order valence-electron chi connectivity index (χ4n) is 1.63. The Kier molecular flexibility index (Phi) is 3.68. The third-order valence-electron chi connectivity index (χ3n) is 2.48. The van der Waals surface area contributed by atoms with Crippen LogP contribution in [0.5, 0.6) is 0 Å². The number of aliphatic carboxylic acids is 1. The summed E-state index contributed by atoms with van der Waals surface area (Å²) in [5.74, 6) is -1.59. The summed E-state index contributed by atoms with van der Waals surface area (Å²) in [6, 6.07) is 0. The Balaban J connectivity index is 1.97. The third-order valence-corrected chi connectivity index (χ3v) is 3.54. The topological polar surface area (TPSA) is 93.6 Å². The SMILES string of the molecule is O=C1CC(C(=O)[O-])S/C(=N/NC2=CCCC2)N1. The van der Waals surface area contributed by atoms with Crippen molar-refractivity contribution in [2.24, 2.45) is 5.10 Å². The largest absolute Gasteiger partial charge is 0.549 e. The minimum absolute atomic E-state index is 0.0747. The lowest BCUT2D eigenvalue weighted by Gasteiger charge is -2.23. The minimum Gasteiger partial charge on any atom is -0.549 e. The summed E-state index contributed by atoms with van der Waals surface area (Å²) in [6.45, 7) is 0. The first-order valence-electron chi connectivity index (χ1n) is 5.35. The van der Waals surface area contributed by atoms with E-state index in [1.54, 1.807) is 0 Å². The van der Waals surface area contributed by atoms with Crippen LogP contribution in [0.15, 0.2) is 16.9 Å². The van der Waals surface area contributed by atoms with Gasteiger partial charge in [0.15, 0.2) is 5.17 Å². The van der Waals surface area contributed by atoms with E-state index in [1.165, 1.54) is 0 Å². The van der Waals surface area contributed by atoms with Gasteiger partial charge in [-0.15, -0.1) is 0 Å². The molecular formula is C10H12N3O3S-. The van der Waals surface area contributed by atoms with Crippen LogP contribution in [0.3, 0.4) is 0 Å². The highest BCUT2D eigenvalue weighted by Crippen LogP contribution is 2.20. The molecule has 2 aliphatic rings. The van der Waals surface area contributed by atoms with Crippen LogP contribution in [0, 0.1) is 0 Å². The molecule has 17 heavy (non-hydrogen) atoms. The van der Waals surface area contributed by atoms with Gasteiger partial charge in [0.25, 0.3) is 0 Å². The minimum atomic E-state index is -1.24. The lowest BCUT2D eigenvalue weighted by atomic mass is 10.3. The van der Waals surface area contributed by atoms with Crippen molar-refractivity contribution in [3.05, 3.63) is 11.8 Å². The highest BCUT2D eigenvalue weighted by molar-refractivity contribution is 8.15. The van der Waals surface area contributed by atoms with Gasteiger partial charge in [0, 0.05) is 12.1 Å². The number of rotatable bonds is 3. The van der Waals surface area contributed by atoms with Crippen LogP contribution in [0.4, 0.5) is 0 Å². The number of amides is 1. The van der Waals surface area contributed by atoms with Gasteiger partial charge in [0.05, 0.1) is 11.2 Å². The molecule has 6 nitrogen and oxygen atoms in total. The Hall–Kier alpha value is -1.50. The number of carboxylic acids is 1. The van der Waals surface area contributed by atoms with Crippen molar-refractivity contribution in [3.63, 3.8) is 0 Å². The van der Waals surface area contributed by atoms with E-state index < -0.39 is 11.2 Å². The molecule has 1 fully saturated rings. The van der Waals surface area contributed by atoms with Crippen LogP contribution in [0.1, 0.15) is 25.7 Å². The second-order valence-corrected chi connectivity index (χ2v) is 5.02. The number of thioether (sulfide) groups is 1. The fourth-order valence-corrected chi connectivity index (χ4v) is 2.50. The van der Waals surface area contributed by atoms with Crippen LogP contribution in [-0.4, -0.2) is 22.3 Å². The van der Waals surface area contributed by atoms with Crippen LogP contribution in [-0.2, 0) is 9.59 Å². The number of nitrogens with one attached hydrogen (secondary N) is 2. The lowest BCUT2D eigenvalue weighted by Crippen LogP contribution is -2.45. The number of carboxylic acid groups (broad SMARTS) is 1. The van der Waals surface area contributed by atoms with Crippen LogP contribution in [0.25, 0.3) is 0 Å². The summed E-state index contributed by atoms with van der Waals surface area (Å²) in [5, 5.41) is 16.6. The van der Waals surface area contributed by atoms with Gasteiger partial charge in [-0.05, 0) is 19.3 Å². The molecular weight excluding hydrogens is 242 g/mol. The summed E-state index contributed by atoms with van der Waals surface area (Å²) >= 11 is 0.993. The van der Waals surface area contributed by atoms with Crippen molar-refractivity contribution < 1.29 is 14.7 Å². The molecule has 2 N–H and O–H groups in total. The second-order valence-electron chi connectivity index (χ2n) is 3.83. The Bertz CT molecular complexity index is 406. The molecule has 1 atom stereocenters. The number of hydrogen-bond donors (Lipinski definition) is 2. The van der Waals surface area contributed by atoms with Crippen molar-refractivity contribution in [3.8, 4) is 0 Å². The molecule has 1 saturated heterocycles. The molecule has 1 aliphatic heterocycles. The molecule has 0 aromatic rings. The predicted molar refractivity (Wildman–Crippen MR) is 61.7 cm³/mol. The van der Waals surface area contributed by atoms with Gasteiger partial charge >= 0.3 is 0 Å². The molecule has 0 bridgehead atoms. The highest BCUT2D eigenvalue weighted by atomic mass is 32.2. The van der Waals surface area contributed by atoms with Crippen molar-refractivity contribution in [2.75, 3.05) is 0 Å². The van der Waals surface area contributed by atoms with E-state index in [0.29, 0.717) is 0 Å². The van der Waals surface area contributed by atoms with Crippen molar-refractivity contribution in [2.45, 2.75) is 30.9 Å².